The van der Waals surface area contributed by atoms with E-state index in [-0.39, 0.29) is 11.4 Å². The largest absolute Gasteiger partial charge is 0.465 e. The molecule has 0 spiro atoms. The standard InChI is InChI=1S/C13H22N2O3S/c1-10-12(9-14)13(11(2)18-10)19(16,17)15-7-5-3-4-6-8-15/h3-9,14H2,1-2H3. The summed E-state index contributed by atoms with van der Waals surface area (Å²) in [5.74, 6) is 1.05. The fraction of sp³-hybridized carbons (Fsp3) is 0.692. The van der Waals surface area contributed by atoms with Crippen LogP contribution in [0.2, 0.25) is 0 Å². The van der Waals surface area contributed by atoms with Crippen LogP contribution in [0.4, 0.5) is 0 Å². The summed E-state index contributed by atoms with van der Waals surface area (Å²) in [5.41, 5.74) is 6.29. The van der Waals surface area contributed by atoms with Crippen LogP contribution in [0.1, 0.15) is 42.8 Å². The van der Waals surface area contributed by atoms with Crippen molar-refractivity contribution in [2.75, 3.05) is 13.1 Å². The van der Waals surface area contributed by atoms with Crippen LogP contribution in [-0.2, 0) is 16.6 Å². The zero-order valence-corrected chi connectivity index (χ0v) is 12.4. The van der Waals surface area contributed by atoms with Gasteiger partial charge in [0.2, 0.25) is 10.0 Å². The molecule has 0 aromatic carbocycles. The van der Waals surface area contributed by atoms with Crippen LogP contribution in [0.3, 0.4) is 0 Å². The lowest BCUT2D eigenvalue weighted by atomic mass is 10.2. The molecule has 1 aromatic rings. The van der Waals surface area contributed by atoms with E-state index >= 15 is 0 Å². The van der Waals surface area contributed by atoms with Gasteiger partial charge in [0.1, 0.15) is 16.4 Å². The third-order valence-corrected chi connectivity index (χ3v) is 5.79. The molecule has 1 fully saturated rings. The zero-order valence-electron chi connectivity index (χ0n) is 11.6. The highest BCUT2D eigenvalue weighted by molar-refractivity contribution is 7.89. The molecular weight excluding hydrogens is 264 g/mol. The van der Waals surface area contributed by atoms with Crippen LogP contribution in [-0.4, -0.2) is 25.8 Å². The lowest BCUT2D eigenvalue weighted by molar-refractivity contribution is 0.420. The smallest absolute Gasteiger partial charge is 0.246 e. The maximum atomic E-state index is 12.8. The summed E-state index contributed by atoms with van der Waals surface area (Å²) in [7, 11) is -3.48. The molecule has 1 aliphatic heterocycles. The highest BCUT2D eigenvalue weighted by Crippen LogP contribution is 2.30. The van der Waals surface area contributed by atoms with Crippen molar-refractivity contribution < 1.29 is 12.8 Å². The van der Waals surface area contributed by atoms with Crippen molar-refractivity contribution in [1.29, 1.82) is 0 Å². The Morgan fingerprint density at radius 1 is 1.11 bits per heavy atom. The Bertz CT molecular complexity index is 540. The topological polar surface area (TPSA) is 76.5 Å². The van der Waals surface area contributed by atoms with Crippen molar-refractivity contribution in [3.8, 4) is 0 Å². The van der Waals surface area contributed by atoms with Gasteiger partial charge in [-0.15, -0.1) is 0 Å². The molecule has 0 unspecified atom stereocenters. The third-order valence-electron chi connectivity index (χ3n) is 3.69. The van der Waals surface area contributed by atoms with E-state index in [1.165, 1.54) is 0 Å². The van der Waals surface area contributed by atoms with Gasteiger partial charge < -0.3 is 10.2 Å². The molecule has 0 aliphatic carbocycles. The van der Waals surface area contributed by atoms with Gasteiger partial charge in [-0.2, -0.15) is 4.31 Å². The van der Waals surface area contributed by atoms with Crippen molar-refractivity contribution in [3.63, 3.8) is 0 Å². The van der Waals surface area contributed by atoms with Crippen molar-refractivity contribution in [2.24, 2.45) is 5.73 Å². The second-order valence-electron chi connectivity index (χ2n) is 5.04. The predicted octanol–water partition coefficient (Wildman–Crippen LogP) is 1.92. The van der Waals surface area contributed by atoms with E-state index in [9.17, 15) is 8.42 Å². The fourth-order valence-electron chi connectivity index (χ4n) is 2.69. The fourth-order valence-corrected chi connectivity index (χ4v) is 4.64. The molecule has 2 rings (SSSR count). The molecule has 19 heavy (non-hydrogen) atoms. The van der Waals surface area contributed by atoms with E-state index in [0.717, 1.165) is 25.7 Å². The minimum absolute atomic E-state index is 0.186. The molecule has 2 heterocycles. The quantitative estimate of drug-likeness (QED) is 0.921. The number of furan rings is 1. The van der Waals surface area contributed by atoms with Crippen LogP contribution in [0.25, 0.3) is 0 Å². The van der Waals surface area contributed by atoms with Gasteiger partial charge in [0.25, 0.3) is 0 Å². The summed E-state index contributed by atoms with van der Waals surface area (Å²) in [4.78, 5) is 0.286. The van der Waals surface area contributed by atoms with Gasteiger partial charge in [-0.05, 0) is 26.7 Å². The van der Waals surface area contributed by atoms with Gasteiger partial charge in [0, 0.05) is 25.2 Å². The van der Waals surface area contributed by atoms with Gasteiger partial charge in [-0.25, -0.2) is 8.42 Å². The number of nitrogens with zero attached hydrogens (tertiary/aromatic N) is 1. The van der Waals surface area contributed by atoms with E-state index in [2.05, 4.69) is 0 Å². The molecule has 1 saturated heterocycles. The molecule has 2 N–H and O–H groups in total. The molecule has 0 saturated carbocycles. The molecule has 6 heteroatoms. The van der Waals surface area contributed by atoms with Crippen molar-refractivity contribution in [2.45, 2.75) is 51.0 Å². The van der Waals surface area contributed by atoms with Crippen molar-refractivity contribution >= 4 is 10.0 Å². The van der Waals surface area contributed by atoms with Crippen molar-refractivity contribution in [1.82, 2.24) is 4.31 Å². The maximum Gasteiger partial charge on any atom is 0.246 e. The Hall–Kier alpha value is -0.850. The van der Waals surface area contributed by atoms with E-state index in [1.807, 2.05) is 0 Å². The maximum absolute atomic E-state index is 12.8. The Kier molecular flexibility index (Phi) is 4.32. The van der Waals surface area contributed by atoms with Crippen LogP contribution in [0.5, 0.6) is 0 Å². The summed E-state index contributed by atoms with van der Waals surface area (Å²) >= 11 is 0. The Morgan fingerprint density at radius 2 is 1.68 bits per heavy atom. The van der Waals surface area contributed by atoms with Gasteiger partial charge in [0.05, 0.1) is 0 Å². The lowest BCUT2D eigenvalue weighted by Crippen LogP contribution is -2.32. The van der Waals surface area contributed by atoms with Crippen LogP contribution in [0.15, 0.2) is 9.31 Å². The van der Waals surface area contributed by atoms with Crippen LogP contribution >= 0.6 is 0 Å². The van der Waals surface area contributed by atoms with Gasteiger partial charge >= 0.3 is 0 Å². The van der Waals surface area contributed by atoms with Gasteiger partial charge in [-0.3, -0.25) is 0 Å². The summed E-state index contributed by atoms with van der Waals surface area (Å²) < 4.78 is 32.6. The molecule has 0 amide bonds. The van der Waals surface area contributed by atoms with E-state index in [0.29, 0.717) is 30.2 Å². The molecule has 1 aromatic heterocycles. The predicted molar refractivity (Wildman–Crippen MR) is 73.3 cm³/mol. The molecular formula is C13H22N2O3S. The highest BCUT2D eigenvalue weighted by Gasteiger charge is 2.32. The number of hydrogen-bond acceptors (Lipinski definition) is 4. The van der Waals surface area contributed by atoms with Gasteiger partial charge in [-0.1, -0.05) is 12.8 Å². The van der Waals surface area contributed by atoms with E-state index < -0.39 is 10.0 Å². The van der Waals surface area contributed by atoms with Crippen LogP contribution in [0, 0.1) is 13.8 Å². The summed E-state index contributed by atoms with van der Waals surface area (Å²) in [6, 6.07) is 0. The highest BCUT2D eigenvalue weighted by atomic mass is 32.2. The Labute approximate surface area is 114 Å². The first-order valence-corrected chi connectivity index (χ1v) is 8.21. The minimum atomic E-state index is -3.48. The number of aryl methyl sites for hydroxylation is 2. The monoisotopic (exact) mass is 286 g/mol. The van der Waals surface area contributed by atoms with E-state index in [1.54, 1.807) is 18.2 Å². The second kappa shape index (κ2) is 5.64. The molecule has 0 atom stereocenters. The molecule has 0 bridgehead atoms. The first-order chi connectivity index (χ1) is 8.98. The molecule has 0 radical (unpaired) electrons. The average molecular weight is 286 g/mol. The summed E-state index contributed by atoms with van der Waals surface area (Å²) in [5, 5.41) is 0. The van der Waals surface area contributed by atoms with Crippen LogP contribution < -0.4 is 5.73 Å². The Morgan fingerprint density at radius 3 is 2.21 bits per heavy atom. The van der Waals surface area contributed by atoms with Crippen molar-refractivity contribution in [3.05, 3.63) is 17.1 Å². The SMILES string of the molecule is Cc1oc(C)c(S(=O)(=O)N2CCCCCC2)c1CN. The number of nitrogens with two attached hydrogens (primary N) is 1. The molecule has 5 nitrogen and oxygen atoms in total. The average Bonchev–Trinajstić information content (AvgIpc) is 2.58. The number of rotatable bonds is 3. The lowest BCUT2D eigenvalue weighted by Gasteiger charge is -2.20. The molecule has 1 aliphatic rings. The summed E-state index contributed by atoms with van der Waals surface area (Å²) in [6.07, 6.45) is 4.04. The Balaban J connectivity index is 2.43. The third kappa shape index (κ3) is 2.70. The minimum Gasteiger partial charge on any atom is -0.465 e. The number of sulfonamides is 1. The van der Waals surface area contributed by atoms with E-state index in [4.69, 9.17) is 10.2 Å². The summed E-state index contributed by atoms with van der Waals surface area (Å²) in [6.45, 7) is 4.82. The first kappa shape index (κ1) is 14.6. The van der Waals surface area contributed by atoms with Gasteiger partial charge in [0.15, 0.2) is 0 Å². The zero-order chi connectivity index (χ0) is 14.0. The first-order valence-electron chi connectivity index (χ1n) is 6.77. The normalized spacial score (nSPS) is 18.5. The molecule has 108 valence electrons. The number of hydrogen-bond donors (Lipinski definition) is 1. The second-order valence-corrected chi connectivity index (χ2v) is 6.92.